The van der Waals surface area contributed by atoms with Gasteiger partial charge < -0.3 is 5.73 Å². The highest BCUT2D eigenvalue weighted by Gasteiger charge is 2.11. The SMILES string of the molecule is CS(=O)(=O)CCSc1ccc(CN)c(Br)c1F. The predicted molar refractivity (Wildman–Crippen MR) is 72.4 cm³/mol. The van der Waals surface area contributed by atoms with E-state index in [0.717, 1.165) is 6.26 Å². The lowest BCUT2D eigenvalue weighted by atomic mass is 10.2. The van der Waals surface area contributed by atoms with Crippen molar-refractivity contribution >= 4 is 37.5 Å². The Kier molecular flexibility index (Phi) is 5.43. The van der Waals surface area contributed by atoms with Gasteiger partial charge in [-0.15, -0.1) is 11.8 Å². The topological polar surface area (TPSA) is 60.2 Å². The second-order valence-electron chi connectivity index (χ2n) is 3.53. The van der Waals surface area contributed by atoms with Crippen LogP contribution in [0.4, 0.5) is 4.39 Å². The molecular weight excluding hydrogens is 329 g/mol. The third-order valence-corrected chi connectivity index (χ3v) is 5.15. The Hall–Kier alpha value is -0.110. The number of nitrogens with two attached hydrogens (primary N) is 1. The molecule has 96 valence electrons. The van der Waals surface area contributed by atoms with E-state index in [1.165, 1.54) is 11.8 Å². The lowest BCUT2D eigenvalue weighted by Gasteiger charge is -2.07. The molecular formula is C10H13BrFNO2S2. The summed E-state index contributed by atoms with van der Waals surface area (Å²) in [6.07, 6.45) is 1.16. The third-order valence-electron chi connectivity index (χ3n) is 2.06. The van der Waals surface area contributed by atoms with E-state index >= 15 is 0 Å². The first-order chi connectivity index (χ1) is 7.85. The summed E-state index contributed by atoms with van der Waals surface area (Å²) in [6, 6.07) is 3.35. The maximum atomic E-state index is 13.8. The molecule has 0 aliphatic heterocycles. The molecule has 2 N–H and O–H groups in total. The van der Waals surface area contributed by atoms with Crippen molar-refractivity contribution in [3.8, 4) is 0 Å². The Balaban J connectivity index is 2.76. The van der Waals surface area contributed by atoms with Gasteiger partial charge in [-0.05, 0) is 27.6 Å². The van der Waals surface area contributed by atoms with Crippen LogP contribution >= 0.6 is 27.7 Å². The van der Waals surface area contributed by atoms with Crippen LogP contribution in [0.3, 0.4) is 0 Å². The number of sulfone groups is 1. The van der Waals surface area contributed by atoms with Crippen LogP contribution in [0.2, 0.25) is 0 Å². The van der Waals surface area contributed by atoms with E-state index in [4.69, 9.17) is 5.73 Å². The van der Waals surface area contributed by atoms with E-state index in [-0.39, 0.29) is 18.1 Å². The van der Waals surface area contributed by atoms with Crippen LogP contribution in [-0.4, -0.2) is 26.2 Å². The zero-order chi connectivity index (χ0) is 13.1. The van der Waals surface area contributed by atoms with Gasteiger partial charge in [0.2, 0.25) is 0 Å². The van der Waals surface area contributed by atoms with E-state index < -0.39 is 9.84 Å². The smallest absolute Gasteiger partial charge is 0.151 e. The zero-order valence-corrected chi connectivity index (χ0v) is 12.5. The normalized spacial score (nSPS) is 11.8. The van der Waals surface area contributed by atoms with Gasteiger partial charge >= 0.3 is 0 Å². The summed E-state index contributed by atoms with van der Waals surface area (Å²) < 4.78 is 36.0. The maximum Gasteiger partial charge on any atom is 0.151 e. The molecule has 0 saturated carbocycles. The molecule has 0 bridgehead atoms. The van der Waals surface area contributed by atoms with Crippen molar-refractivity contribution in [2.24, 2.45) is 5.73 Å². The summed E-state index contributed by atoms with van der Waals surface area (Å²) in [5, 5.41) is 0. The monoisotopic (exact) mass is 341 g/mol. The largest absolute Gasteiger partial charge is 0.326 e. The fourth-order valence-electron chi connectivity index (χ4n) is 1.14. The van der Waals surface area contributed by atoms with Gasteiger partial charge in [0.15, 0.2) is 5.82 Å². The molecule has 0 saturated heterocycles. The minimum absolute atomic E-state index is 0.0351. The van der Waals surface area contributed by atoms with Gasteiger partial charge in [0, 0.05) is 23.4 Å². The minimum atomic E-state index is -3.01. The lowest BCUT2D eigenvalue weighted by Crippen LogP contribution is -2.05. The number of benzene rings is 1. The third kappa shape index (κ3) is 4.57. The van der Waals surface area contributed by atoms with Gasteiger partial charge in [0.05, 0.1) is 10.2 Å². The van der Waals surface area contributed by atoms with E-state index in [0.29, 0.717) is 20.7 Å². The lowest BCUT2D eigenvalue weighted by molar-refractivity contribution is 0.591. The van der Waals surface area contributed by atoms with Crippen LogP contribution in [0.25, 0.3) is 0 Å². The molecule has 1 rings (SSSR count). The average Bonchev–Trinajstić information content (AvgIpc) is 2.23. The van der Waals surface area contributed by atoms with Crippen molar-refractivity contribution in [1.82, 2.24) is 0 Å². The molecule has 17 heavy (non-hydrogen) atoms. The van der Waals surface area contributed by atoms with Crippen molar-refractivity contribution in [3.63, 3.8) is 0 Å². The van der Waals surface area contributed by atoms with Gasteiger partial charge in [0.1, 0.15) is 9.84 Å². The highest BCUT2D eigenvalue weighted by atomic mass is 79.9. The average molecular weight is 342 g/mol. The summed E-state index contributed by atoms with van der Waals surface area (Å²) in [4.78, 5) is 0.428. The second-order valence-corrected chi connectivity index (χ2v) is 7.72. The first-order valence-corrected chi connectivity index (χ1v) is 8.66. The van der Waals surface area contributed by atoms with Crippen LogP contribution < -0.4 is 5.73 Å². The molecule has 1 aromatic rings. The summed E-state index contributed by atoms with van der Waals surface area (Å²) in [5.41, 5.74) is 6.13. The molecule has 1 aromatic carbocycles. The Morgan fingerprint density at radius 1 is 1.47 bits per heavy atom. The highest BCUT2D eigenvalue weighted by molar-refractivity contribution is 9.10. The van der Waals surface area contributed by atoms with Crippen molar-refractivity contribution in [3.05, 3.63) is 28.0 Å². The van der Waals surface area contributed by atoms with Crippen LogP contribution in [0, 0.1) is 5.82 Å². The maximum absolute atomic E-state index is 13.8. The van der Waals surface area contributed by atoms with E-state index in [1.54, 1.807) is 12.1 Å². The number of thioether (sulfide) groups is 1. The van der Waals surface area contributed by atoms with Crippen molar-refractivity contribution in [2.45, 2.75) is 11.4 Å². The number of rotatable bonds is 5. The highest BCUT2D eigenvalue weighted by Crippen LogP contribution is 2.29. The van der Waals surface area contributed by atoms with Crippen molar-refractivity contribution in [2.75, 3.05) is 17.8 Å². The summed E-state index contributed by atoms with van der Waals surface area (Å²) >= 11 is 4.32. The Morgan fingerprint density at radius 3 is 2.65 bits per heavy atom. The first-order valence-electron chi connectivity index (χ1n) is 4.82. The molecule has 0 unspecified atom stereocenters. The molecule has 0 aromatic heterocycles. The van der Waals surface area contributed by atoms with E-state index in [1.807, 2.05) is 0 Å². The molecule has 0 atom stereocenters. The molecule has 7 heteroatoms. The fourth-order valence-corrected chi connectivity index (χ4v) is 3.94. The van der Waals surface area contributed by atoms with Gasteiger partial charge in [-0.3, -0.25) is 0 Å². The number of hydrogen-bond donors (Lipinski definition) is 1. The zero-order valence-electron chi connectivity index (χ0n) is 9.24. The molecule has 0 spiro atoms. The van der Waals surface area contributed by atoms with Gasteiger partial charge in [-0.2, -0.15) is 0 Å². The Bertz CT molecular complexity index is 505. The minimum Gasteiger partial charge on any atom is -0.326 e. The molecule has 0 fully saturated rings. The summed E-state index contributed by atoms with van der Waals surface area (Å²) in [6.45, 7) is 0.256. The van der Waals surface area contributed by atoms with E-state index in [2.05, 4.69) is 15.9 Å². The number of halogens is 2. The van der Waals surface area contributed by atoms with Crippen LogP contribution in [0.5, 0.6) is 0 Å². The molecule has 0 heterocycles. The van der Waals surface area contributed by atoms with Crippen molar-refractivity contribution < 1.29 is 12.8 Å². The fraction of sp³-hybridized carbons (Fsp3) is 0.400. The molecule has 0 aliphatic rings. The van der Waals surface area contributed by atoms with Gasteiger partial charge in [0.25, 0.3) is 0 Å². The van der Waals surface area contributed by atoms with Gasteiger partial charge in [-0.1, -0.05) is 6.07 Å². The molecule has 3 nitrogen and oxygen atoms in total. The summed E-state index contributed by atoms with van der Waals surface area (Å²) in [7, 11) is -3.01. The Labute approximate surface area is 113 Å². The molecule has 0 aliphatic carbocycles. The van der Waals surface area contributed by atoms with Crippen LogP contribution in [0.1, 0.15) is 5.56 Å². The molecule has 0 radical (unpaired) electrons. The number of hydrogen-bond acceptors (Lipinski definition) is 4. The van der Waals surface area contributed by atoms with Crippen molar-refractivity contribution in [1.29, 1.82) is 0 Å². The second kappa shape index (κ2) is 6.17. The van der Waals surface area contributed by atoms with Crippen LogP contribution in [0.15, 0.2) is 21.5 Å². The standard InChI is InChI=1S/C10H13BrFNO2S2/c1-17(14,15)5-4-16-8-3-2-7(6-13)9(11)10(8)12/h2-3H,4-6,13H2,1H3. The van der Waals surface area contributed by atoms with Crippen LogP contribution in [-0.2, 0) is 16.4 Å². The quantitative estimate of drug-likeness (QED) is 0.834. The van der Waals surface area contributed by atoms with Gasteiger partial charge in [-0.25, -0.2) is 12.8 Å². The Morgan fingerprint density at radius 2 is 2.12 bits per heavy atom. The molecule has 0 amide bonds. The first kappa shape index (κ1) is 14.9. The predicted octanol–water partition coefficient (Wildman–Crippen LogP) is 2.18. The summed E-state index contributed by atoms with van der Waals surface area (Å²) in [5.74, 6) is -0.0104. The van der Waals surface area contributed by atoms with E-state index in [9.17, 15) is 12.8 Å².